The number of nitrogens with zero attached hydrogens (tertiary/aromatic N) is 5. The van der Waals surface area contributed by atoms with Gasteiger partial charge in [0.05, 0.1) is 5.75 Å². The normalized spacial score (nSPS) is 10.2. The minimum absolute atomic E-state index is 0.177. The van der Waals surface area contributed by atoms with Gasteiger partial charge in [0.2, 0.25) is 11.9 Å². The van der Waals surface area contributed by atoms with E-state index in [1.165, 1.54) is 11.8 Å². The quantitative estimate of drug-likeness (QED) is 0.787. The highest BCUT2D eigenvalue weighted by Gasteiger charge is 2.07. The van der Waals surface area contributed by atoms with Crippen LogP contribution in [0.4, 0.5) is 5.95 Å². The van der Waals surface area contributed by atoms with Crippen molar-refractivity contribution in [1.82, 2.24) is 24.7 Å². The van der Waals surface area contributed by atoms with Crippen LogP contribution in [0, 0.1) is 0 Å². The van der Waals surface area contributed by atoms with Crippen LogP contribution < -0.4 is 5.32 Å². The average Bonchev–Trinajstić information content (AvgIpc) is 2.74. The molecule has 7 nitrogen and oxygen atoms in total. The highest BCUT2D eigenvalue weighted by atomic mass is 32.2. The molecule has 17 heavy (non-hydrogen) atoms. The molecule has 0 aliphatic rings. The van der Waals surface area contributed by atoms with Crippen molar-refractivity contribution in [3.8, 4) is 0 Å². The fourth-order valence-corrected chi connectivity index (χ4v) is 1.75. The second-order valence-corrected chi connectivity index (χ2v) is 4.08. The maximum atomic E-state index is 11.5. The van der Waals surface area contributed by atoms with Crippen LogP contribution in [-0.2, 0) is 11.8 Å². The number of hydrogen-bond acceptors (Lipinski definition) is 6. The zero-order valence-electron chi connectivity index (χ0n) is 9.07. The first-order valence-electron chi connectivity index (χ1n) is 4.79. The van der Waals surface area contributed by atoms with Crippen LogP contribution in [0.5, 0.6) is 0 Å². The summed E-state index contributed by atoms with van der Waals surface area (Å²) in [6.45, 7) is 0. The van der Waals surface area contributed by atoms with Gasteiger partial charge in [-0.25, -0.2) is 9.97 Å². The van der Waals surface area contributed by atoms with Crippen molar-refractivity contribution in [1.29, 1.82) is 0 Å². The monoisotopic (exact) mass is 250 g/mol. The molecule has 1 N–H and O–H groups in total. The zero-order chi connectivity index (χ0) is 12.1. The SMILES string of the molecule is Cn1cnnc1SCC(=O)Nc1ncccn1. The summed E-state index contributed by atoms with van der Waals surface area (Å²) in [5.74, 6) is 0.366. The third kappa shape index (κ3) is 3.25. The van der Waals surface area contributed by atoms with Gasteiger partial charge in [0.1, 0.15) is 6.33 Å². The van der Waals surface area contributed by atoms with Crippen molar-refractivity contribution < 1.29 is 4.79 Å². The molecular weight excluding hydrogens is 240 g/mol. The first-order valence-corrected chi connectivity index (χ1v) is 5.78. The number of nitrogens with one attached hydrogen (secondary N) is 1. The average molecular weight is 250 g/mol. The third-order valence-electron chi connectivity index (χ3n) is 1.82. The number of amides is 1. The van der Waals surface area contributed by atoms with Gasteiger partial charge in [-0.1, -0.05) is 11.8 Å². The summed E-state index contributed by atoms with van der Waals surface area (Å²) >= 11 is 1.30. The summed E-state index contributed by atoms with van der Waals surface area (Å²) in [5.41, 5.74) is 0. The maximum absolute atomic E-state index is 11.5. The van der Waals surface area contributed by atoms with Crippen molar-refractivity contribution in [2.24, 2.45) is 7.05 Å². The van der Waals surface area contributed by atoms with Crippen LogP contribution in [0.3, 0.4) is 0 Å². The summed E-state index contributed by atoms with van der Waals surface area (Å²) < 4.78 is 1.75. The van der Waals surface area contributed by atoms with Crippen LogP contribution in [0.25, 0.3) is 0 Å². The molecule has 2 aromatic rings. The van der Waals surface area contributed by atoms with Crippen molar-refractivity contribution in [2.75, 3.05) is 11.1 Å². The highest BCUT2D eigenvalue weighted by Crippen LogP contribution is 2.13. The lowest BCUT2D eigenvalue weighted by Crippen LogP contribution is -2.16. The van der Waals surface area contributed by atoms with E-state index < -0.39 is 0 Å². The molecule has 88 valence electrons. The summed E-state index contributed by atoms with van der Waals surface area (Å²) in [5, 5.41) is 10.9. The smallest absolute Gasteiger partial charge is 0.237 e. The first kappa shape index (κ1) is 11.5. The van der Waals surface area contributed by atoms with Gasteiger partial charge in [0.15, 0.2) is 5.16 Å². The molecule has 2 heterocycles. The van der Waals surface area contributed by atoms with E-state index in [1.54, 1.807) is 29.4 Å². The molecule has 8 heteroatoms. The van der Waals surface area contributed by atoms with Crippen LogP contribution >= 0.6 is 11.8 Å². The minimum Gasteiger partial charge on any atom is -0.312 e. The van der Waals surface area contributed by atoms with Gasteiger partial charge in [-0.3, -0.25) is 10.1 Å². The molecule has 0 saturated carbocycles. The van der Waals surface area contributed by atoms with Crippen molar-refractivity contribution in [3.63, 3.8) is 0 Å². The van der Waals surface area contributed by atoms with E-state index in [2.05, 4.69) is 25.5 Å². The fraction of sp³-hybridized carbons (Fsp3) is 0.222. The van der Waals surface area contributed by atoms with Crippen molar-refractivity contribution >= 4 is 23.6 Å². The van der Waals surface area contributed by atoms with Gasteiger partial charge in [0, 0.05) is 19.4 Å². The molecule has 0 aromatic carbocycles. The first-order chi connectivity index (χ1) is 8.25. The molecule has 2 rings (SSSR count). The van der Waals surface area contributed by atoms with Crippen molar-refractivity contribution in [2.45, 2.75) is 5.16 Å². The summed E-state index contributed by atoms with van der Waals surface area (Å²) in [6.07, 6.45) is 4.72. The third-order valence-corrected chi connectivity index (χ3v) is 2.85. The topological polar surface area (TPSA) is 85.6 Å². The van der Waals surface area contributed by atoms with E-state index in [-0.39, 0.29) is 11.7 Å². The summed E-state index contributed by atoms with van der Waals surface area (Å²) in [4.78, 5) is 19.3. The van der Waals surface area contributed by atoms with E-state index in [1.807, 2.05) is 7.05 Å². The lowest BCUT2D eigenvalue weighted by atomic mass is 10.6. The molecule has 0 bridgehead atoms. The zero-order valence-corrected chi connectivity index (χ0v) is 9.89. The number of aryl methyl sites for hydroxylation is 1. The van der Waals surface area contributed by atoms with Gasteiger partial charge >= 0.3 is 0 Å². The summed E-state index contributed by atoms with van der Waals surface area (Å²) in [6, 6.07) is 1.68. The van der Waals surface area contributed by atoms with Gasteiger partial charge in [-0.05, 0) is 6.07 Å². The molecular formula is C9H10N6OS. The van der Waals surface area contributed by atoms with E-state index >= 15 is 0 Å². The molecule has 0 fully saturated rings. The Hall–Kier alpha value is -1.96. The van der Waals surface area contributed by atoms with Gasteiger partial charge < -0.3 is 4.57 Å². The Labute approximate surface area is 102 Å². The maximum Gasteiger partial charge on any atom is 0.237 e. The van der Waals surface area contributed by atoms with Gasteiger partial charge in [0.25, 0.3) is 0 Å². The summed E-state index contributed by atoms with van der Waals surface area (Å²) in [7, 11) is 1.82. The standard InChI is InChI=1S/C9H10N6OS/c1-15-6-12-14-9(15)17-5-7(16)13-8-10-3-2-4-11-8/h2-4,6H,5H2,1H3,(H,10,11,13,16). The van der Waals surface area contributed by atoms with E-state index in [0.717, 1.165) is 0 Å². The lowest BCUT2D eigenvalue weighted by molar-refractivity contribution is -0.113. The number of carbonyl (C=O) groups excluding carboxylic acids is 1. The Balaban J connectivity index is 1.84. The van der Waals surface area contributed by atoms with Crippen molar-refractivity contribution in [3.05, 3.63) is 24.8 Å². The molecule has 0 aliphatic carbocycles. The molecule has 0 saturated heterocycles. The van der Waals surface area contributed by atoms with E-state index in [9.17, 15) is 4.79 Å². The lowest BCUT2D eigenvalue weighted by Gasteiger charge is -2.02. The minimum atomic E-state index is -0.177. The highest BCUT2D eigenvalue weighted by molar-refractivity contribution is 7.99. The van der Waals surface area contributed by atoms with Crippen LogP contribution in [0.15, 0.2) is 29.9 Å². The number of carbonyl (C=O) groups is 1. The van der Waals surface area contributed by atoms with E-state index in [4.69, 9.17) is 0 Å². The Kier molecular flexibility index (Phi) is 3.66. The Morgan fingerprint density at radius 2 is 2.24 bits per heavy atom. The number of aromatic nitrogens is 5. The predicted octanol–water partition coefficient (Wildman–Crippen LogP) is 0.336. The van der Waals surface area contributed by atoms with Gasteiger partial charge in [-0.2, -0.15) is 0 Å². The van der Waals surface area contributed by atoms with Crippen LogP contribution in [0.2, 0.25) is 0 Å². The number of rotatable bonds is 4. The number of anilines is 1. The molecule has 1 amide bonds. The predicted molar refractivity (Wildman–Crippen MR) is 62.4 cm³/mol. The Morgan fingerprint density at radius 1 is 1.47 bits per heavy atom. The molecule has 2 aromatic heterocycles. The largest absolute Gasteiger partial charge is 0.312 e. The van der Waals surface area contributed by atoms with Crippen LogP contribution in [0.1, 0.15) is 0 Å². The second kappa shape index (κ2) is 5.39. The number of thioether (sulfide) groups is 1. The fourth-order valence-electron chi connectivity index (χ4n) is 1.06. The molecule has 0 radical (unpaired) electrons. The van der Waals surface area contributed by atoms with Crippen LogP contribution in [-0.4, -0.2) is 36.4 Å². The molecule has 0 atom stereocenters. The Morgan fingerprint density at radius 3 is 2.88 bits per heavy atom. The molecule has 0 aliphatic heterocycles. The molecule has 0 unspecified atom stereocenters. The second-order valence-electron chi connectivity index (χ2n) is 3.13. The Bertz CT molecular complexity index is 499. The molecule has 0 spiro atoms. The number of hydrogen-bond donors (Lipinski definition) is 1. The van der Waals surface area contributed by atoms with E-state index in [0.29, 0.717) is 11.1 Å². The van der Waals surface area contributed by atoms with Gasteiger partial charge in [-0.15, -0.1) is 10.2 Å².